The first-order chi connectivity index (χ1) is 17.6. The number of nitrogens with zero attached hydrogens (tertiary/aromatic N) is 3. The predicted octanol–water partition coefficient (Wildman–Crippen LogP) is 5.22. The Morgan fingerprint density at radius 3 is 2.22 bits per heavy atom. The van der Waals surface area contributed by atoms with Crippen LogP contribution < -0.4 is 9.64 Å². The van der Waals surface area contributed by atoms with Crippen molar-refractivity contribution in [3.63, 3.8) is 0 Å². The molecular formula is C31H33N3O2. The Labute approximate surface area is 214 Å². The summed E-state index contributed by atoms with van der Waals surface area (Å²) in [5, 5.41) is 0. The summed E-state index contributed by atoms with van der Waals surface area (Å²) in [7, 11) is 3.50. The molecule has 0 spiro atoms. The van der Waals surface area contributed by atoms with Gasteiger partial charge in [0.25, 0.3) is 0 Å². The standard InChI is InChI=1S/C31H33N3O2/c1-32(27-16-18-28(36-2)19-17-27)31(35)34-21-7-6-20-33-22-29(30(33)23-34)26-14-12-25(13-15-26)11-10-24-8-4-3-5-9-24/h3-5,8-9,12-19,29-30H,6-7,20-23H2,1-2H3/t29-,30+/m1/s1. The number of urea groups is 1. The number of anilines is 1. The van der Waals surface area contributed by atoms with Gasteiger partial charge in [-0.15, -0.1) is 0 Å². The second-order valence-electron chi connectivity index (χ2n) is 9.60. The first-order valence-electron chi connectivity index (χ1n) is 12.7. The Morgan fingerprint density at radius 2 is 1.53 bits per heavy atom. The SMILES string of the molecule is COc1ccc(N(C)C(=O)N2CCCCN3C[C@H](c4ccc(C#Cc5ccccc5)cc4)[C@@H]3C2)cc1. The monoisotopic (exact) mass is 479 g/mol. The van der Waals surface area contributed by atoms with Gasteiger partial charge in [-0.25, -0.2) is 4.79 Å². The van der Waals surface area contributed by atoms with E-state index >= 15 is 0 Å². The fourth-order valence-electron chi connectivity index (χ4n) is 5.17. The Hall–Kier alpha value is -3.75. The minimum Gasteiger partial charge on any atom is -0.497 e. The normalized spacial score (nSPS) is 19.6. The predicted molar refractivity (Wildman–Crippen MR) is 145 cm³/mol. The average Bonchev–Trinajstić information content (AvgIpc) is 2.92. The van der Waals surface area contributed by atoms with Gasteiger partial charge in [0.15, 0.2) is 0 Å². The molecule has 0 bridgehead atoms. The first kappa shape index (κ1) is 24.0. The van der Waals surface area contributed by atoms with Crippen molar-refractivity contribution in [1.82, 2.24) is 9.80 Å². The van der Waals surface area contributed by atoms with Gasteiger partial charge in [-0.2, -0.15) is 0 Å². The lowest BCUT2D eigenvalue weighted by atomic mass is 9.81. The van der Waals surface area contributed by atoms with E-state index in [9.17, 15) is 4.79 Å². The van der Waals surface area contributed by atoms with Crippen molar-refractivity contribution in [3.8, 4) is 17.6 Å². The first-order valence-corrected chi connectivity index (χ1v) is 12.7. The molecule has 0 saturated carbocycles. The zero-order valence-electron chi connectivity index (χ0n) is 21.1. The van der Waals surface area contributed by atoms with Gasteiger partial charge in [-0.05, 0) is 73.5 Å². The Bertz CT molecular complexity index is 1230. The Kier molecular flexibility index (Phi) is 7.25. The van der Waals surface area contributed by atoms with Crippen molar-refractivity contribution < 1.29 is 9.53 Å². The van der Waals surface area contributed by atoms with Gasteiger partial charge in [-0.3, -0.25) is 9.80 Å². The summed E-state index contributed by atoms with van der Waals surface area (Å²) < 4.78 is 5.26. The number of carbonyl (C=O) groups is 1. The second kappa shape index (κ2) is 10.9. The lowest BCUT2D eigenvalue weighted by Crippen LogP contribution is -2.61. The van der Waals surface area contributed by atoms with E-state index in [1.165, 1.54) is 5.56 Å². The van der Waals surface area contributed by atoms with E-state index in [0.29, 0.717) is 12.0 Å². The smallest absolute Gasteiger partial charge is 0.324 e. The Balaban J connectivity index is 1.27. The lowest BCUT2D eigenvalue weighted by Gasteiger charge is -2.51. The minimum atomic E-state index is 0.0548. The summed E-state index contributed by atoms with van der Waals surface area (Å²) in [4.78, 5) is 19.8. The molecule has 3 aromatic rings. The van der Waals surface area contributed by atoms with E-state index in [1.807, 2.05) is 66.5 Å². The third kappa shape index (κ3) is 5.24. The molecule has 5 nitrogen and oxygen atoms in total. The van der Waals surface area contributed by atoms with E-state index in [-0.39, 0.29) is 6.03 Å². The van der Waals surface area contributed by atoms with Gasteiger partial charge < -0.3 is 9.64 Å². The molecule has 0 aromatic heterocycles. The van der Waals surface area contributed by atoms with Gasteiger partial charge in [0.1, 0.15) is 5.75 Å². The molecule has 3 aromatic carbocycles. The number of hydrogen-bond acceptors (Lipinski definition) is 3. The van der Waals surface area contributed by atoms with Gasteiger partial charge in [0.2, 0.25) is 0 Å². The summed E-state index contributed by atoms with van der Waals surface area (Å²) in [5.74, 6) is 7.72. The quantitative estimate of drug-likeness (QED) is 0.484. The number of fused-ring (bicyclic) bond motifs is 1. The molecule has 2 saturated heterocycles. The molecule has 2 aliphatic heterocycles. The van der Waals surface area contributed by atoms with Crippen LogP contribution in [-0.2, 0) is 0 Å². The minimum absolute atomic E-state index is 0.0548. The highest BCUT2D eigenvalue weighted by atomic mass is 16.5. The third-order valence-electron chi connectivity index (χ3n) is 7.38. The molecule has 0 N–H and O–H groups in total. The van der Waals surface area contributed by atoms with Crippen molar-refractivity contribution in [1.29, 1.82) is 0 Å². The van der Waals surface area contributed by atoms with Crippen LogP contribution in [0.15, 0.2) is 78.9 Å². The van der Waals surface area contributed by atoms with Crippen LogP contribution in [-0.4, -0.2) is 62.2 Å². The highest BCUT2D eigenvalue weighted by molar-refractivity contribution is 5.91. The van der Waals surface area contributed by atoms with Crippen LogP contribution in [0.4, 0.5) is 10.5 Å². The Morgan fingerprint density at radius 1 is 0.861 bits per heavy atom. The number of hydrogen-bond donors (Lipinski definition) is 0. The van der Waals surface area contributed by atoms with E-state index in [0.717, 1.165) is 61.6 Å². The number of carbonyl (C=O) groups excluding carboxylic acids is 1. The van der Waals surface area contributed by atoms with Crippen molar-refractivity contribution >= 4 is 11.7 Å². The number of methoxy groups -OCH3 is 1. The maximum Gasteiger partial charge on any atom is 0.324 e. The van der Waals surface area contributed by atoms with Gasteiger partial charge >= 0.3 is 6.03 Å². The number of ether oxygens (including phenoxy) is 1. The van der Waals surface area contributed by atoms with E-state index < -0.39 is 0 Å². The fraction of sp³-hybridized carbons (Fsp3) is 0.323. The van der Waals surface area contributed by atoms with Crippen molar-refractivity contribution in [2.45, 2.75) is 24.8 Å². The van der Waals surface area contributed by atoms with Crippen molar-refractivity contribution in [2.75, 3.05) is 45.2 Å². The molecule has 2 atom stereocenters. The average molecular weight is 480 g/mol. The van der Waals surface area contributed by atoms with Crippen LogP contribution in [0.3, 0.4) is 0 Å². The topological polar surface area (TPSA) is 36.0 Å². The fourth-order valence-corrected chi connectivity index (χ4v) is 5.17. The number of rotatable bonds is 3. The summed E-state index contributed by atoms with van der Waals surface area (Å²) >= 11 is 0. The highest BCUT2D eigenvalue weighted by Gasteiger charge is 2.42. The maximum absolute atomic E-state index is 13.5. The molecule has 2 fully saturated rings. The molecule has 5 heteroatoms. The molecule has 2 amide bonds. The maximum atomic E-state index is 13.5. The number of amides is 2. The summed E-state index contributed by atoms with van der Waals surface area (Å²) in [6, 6.07) is 26.8. The van der Waals surface area contributed by atoms with Crippen LogP contribution in [0.5, 0.6) is 5.75 Å². The molecule has 5 rings (SSSR count). The second-order valence-corrected chi connectivity index (χ2v) is 9.60. The van der Waals surface area contributed by atoms with Crippen LogP contribution in [0.25, 0.3) is 0 Å². The highest BCUT2D eigenvalue weighted by Crippen LogP contribution is 2.36. The molecule has 184 valence electrons. The van der Waals surface area contributed by atoms with Crippen molar-refractivity contribution in [2.24, 2.45) is 0 Å². The van der Waals surface area contributed by atoms with E-state index in [1.54, 1.807) is 12.0 Å². The van der Waals surface area contributed by atoms with E-state index in [2.05, 4.69) is 41.0 Å². The third-order valence-corrected chi connectivity index (χ3v) is 7.38. The van der Waals surface area contributed by atoms with Crippen LogP contribution in [0, 0.1) is 11.8 Å². The zero-order valence-corrected chi connectivity index (χ0v) is 21.1. The summed E-state index contributed by atoms with van der Waals surface area (Å²) in [6.45, 7) is 3.71. The molecule has 2 aliphatic rings. The summed E-state index contributed by atoms with van der Waals surface area (Å²) in [6.07, 6.45) is 2.15. The molecule has 2 heterocycles. The molecule has 0 unspecified atom stereocenters. The molecule has 0 radical (unpaired) electrons. The van der Waals surface area contributed by atoms with Crippen LogP contribution in [0.2, 0.25) is 0 Å². The largest absolute Gasteiger partial charge is 0.497 e. The molecule has 36 heavy (non-hydrogen) atoms. The van der Waals surface area contributed by atoms with E-state index in [4.69, 9.17) is 4.74 Å². The van der Waals surface area contributed by atoms with Crippen LogP contribution in [0.1, 0.15) is 35.4 Å². The summed E-state index contributed by atoms with van der Waals surface area (Å²) in [5.41, 5.74) is 4.25. The molecular weight excluding hydrogens is 446 g/mol. The van der Waals surface area contributed by atoms with Crippen molar-refractivity contribution in [3.05, 3.63) is 95.6 Å². The zero-order chi connectivity index (χ0) is 24.9. The number of benzene rings is 3. The van der Waals surface area contributed by atoms with Crippen LogP contribution >= 0.6 is 0 Å². The van der Waals surface area contributed by atoms with Gasteiger partial charge in [0.05, 0.1) is 7.11 Å². The van der Waals surface area contributed by atoms with Gasteiger partial charge in [-0.1, -0.05) is 42.2 Å². The molecule has 0 aliphatic carbocycles. The van der Waals surface area contributed by atoms with Gasteiger partial charge in [0, 0.05) is 55.5 Å². The lowest BCUT2D eigenvalue weighted by molar-refractivity contribution is 0.0266.